The number of carbonyl (C=O) groups is 2. The van der Waals surface area contributed by atoms with Crippen molar-refractivity contribution in [1.82, 2.24) is 5.32 Å². The Balaban J connectivity index is 2.37. The molecule has 0 bridgehead atoms. The maximum Gasteiger partial charge on any atom is 0.308 e. The zero-order valence-corrected chi connectivity index (χ0v) is 12.9. The lowest BCUT2D eigenvalue weighted by Crippen LogP contribution is -2.30. The maximum absolute atomic E-state index is 11.0. The molecule has 5 nitrogen and oxygen atoms in total. The van der Waals surface area contributed by atoms with Crippen LogP contribution in [0, 0.1) is 0 Å². The largest absolute Gasteiger partial charge is 0.461 e. The van der Waals surface area contributed by atoms with Crippen LogP contribution >= 0.6 is 0 Å². The summed E-state index contributed by atoms with van der Waals surface area (Å²) in [5.41, 5.74) is 0. The Morgan fingerprint density at radius 3 is 2.48 bits per heavy atom. The molecule has 0 aromatic rings. The van der Waals surface area contributed by atoms with E-state index in [0.717, 1.165) is 6.54 Å². The number of ether oxygens (including phenoxy) is 2. The van der Waals surface area contributed by atoms with Crippen molar-refractivity contribution in [3.05, 3.63) is 24.0 Å². The van der Waals surface area contributed by atoms with Gasteiger partial charge in [0.15, 0.2) is 0 Å². The zero-order valence-electron chi connectivity index (χ0n) is 12.9. The van der Waals surface area contributed by atoms with Gasteiger partial charge in [-0.1, -0.05) is 25.3 Å². The summed E-state index contributed by atoms with van der Waals surface area (Å²) in [4.78, 5) is 21.7. The molecule has 0 aromatic heterocycles. The van der Waals surface area contributed by atoms with E-state index in [0.29, 0.717) is 11.8 Å². The van der Waals surface area contributed by atoms with Crippen molar-refractivity contribution in [1.29, 1.82) is 0 Å². The molecule has 1 rings (SSSR count). The number of rotatable bonds is 7. The third kappa shape index (κ3) is 9.02. The van der Waals surface area contributed by atoms with E-state index in [4.69, 9.17) is 9.47 Å². The Kier molecular flexibility index (Phi) is 8.43. The minimum absolute atomic E-state index is 0.0956. The van der Waals surface area contributed by atoms with Crippen LogP contribution in [0.1, 0.15) is 46.0 Å². The van der Waals surface area contributed by atoms with Crippen molar-refractivity contribution in [3.63, 3.8) is 0 Å². The third-order valence-electron chi connectivity index (χ3n) is 3.24. The van der Waals surface area contributed by atoms with Gasteiger partial charge in [0.05, 0.1) is 0 Å². The summed E-state index contributed by atoms with van der Waals surface area (Å²) in [5.74, 6) is -0.362. The second kappa shape index (κ2) is 10.2. The Hall–Kier alpha value is -1.62. The van der Waals surface area contributed by atoms with Gasteiger partial charge in [-0.2, -0.15) is 0 Å². The van der Waals surface area contributed by atoms with Crippen molar-refractivity contribution in [2.75, 3.05) is 13.2 Å². The molecular weight excluding hydrogens is 270 g/mol. The summed E-state index contributed by atoms with van der Waals surface area (Å²) in [6.45, 7) is 3.51. The lowest BCUT2D eigenvalue weighted by Gasteiger charge is -2.22. The second-order valence-corrected chi connectivity index (χ2v) is 5.15. The standard InChI is InChI=1S/C16H25NO4/c1-13(18)20-12-10-16(21-14(2)19)9-6-11-17-15-7-4-3-5-8-15/h6,9-10,15,17H,3-5,7-8,11-12H2,1-2H3/b9-6+,16-10-. The summed E-state index contributed by atoms with van der Waals surface area (Å²) >= 11 is 0. The van der Waals surface area contributed by atoms with Gasteiger partial charge in [-0.3, -0.25) is 9.59 Å². The van der Waals surface area contributed by atoms with Gasteiger partial charge in [-0.25, -0.2) is 0 Å². The van der Waals surface area contributed by atoms with Crippen molar-refractivity contribution >= 4 is 11.9 Å². The van der Waals surface area contributed by atoms with E-state index in [2.05, 4.69) is 5.32 Å². The summed E-state index contributed by atoms with van der Waals surface area (Å²) in [5, 5.41) is 3.46. The molecule has 1 saturated carbocycles. The van der Waals surface area contributed by atoms with Gasteiger partial charge < -0.3 is 14.8 Å². The minimum atomic E-state index is -0.394. The molecule has 1 N–H and O–H groups in total. The van der Waals surface area contributed by atoms with E-state index in [-0.39, 0.29) is 12.6 Å². The van der Waals surface area contributed by atoms with Crippen LogP contribution in [0.5, 0.6) is 0 Å². The Morgan fingerprint density at radius 2 is 1.86 bits per heavy atom. The van der Waals surface area contributed by atoms with E-state index in [1.165, 1.54) is 46.0 Å². The summed E-state index contributed by atoms with van der Waals surface area (Å²) in [7, 11) is 0. The maximum atomic E-state index is 11.0. The highest BCUT2D eigenvalue weighted by Crippen LogP contribution is 2.17. The number of hydrogen-bond acceptors (Lipinski definition) is 5. The van der Waals surface area contributed by atoms with Crippen LogP contribution in [0.15, 0.2) is 24.0 Å². The first-order valence-electron chi connectivity index (χ1n) is 7.50. The number of nitrogens with one attached hydrogen (secondary N) is 1. The summed E-state index contributed by atoms with van der Waals surface area (Å²) in [6.07, 6.45) is 11.6. The first kappa shape index (κ1) is 17.4. The van der Waals surface area contributed by atoms with Gasteiger partial charge in [0.2, 0.25) is 0 Å². The van der Waals surface area contributed by atoms with E-state index in [1.54, 1.807) is 12.2 Å². The quantitative estimate of drug-likeness (QED) is 0.444. The van der Waals surface area contributed by atoms with Crippen LogP contribution < -0.4 is 5.32 Å². The van der Waals surface area contributed by atoms with Crippen LogP contribution in [-0.4, -0.2) is 31.1 Å². The van der Waals surface area contributed by atoms with E-state index < -0.39 is 5.97 Å². The van der Waals surface area contributed by atoms with Crippen molar-refractivity contribution in [2.45, 2.75) is 52.0 Å². The smallest absolute Gasteiger partial charge is 0.308 e. The third-order valence-corrected chi connectivity index (χ3v) is 3.24. The van der Waals surface area contributed by atoms with Crippen molar-refractivity contribution in [3.8, 4) is 0 Å². The number of carbonyl (C=O) groups excluding carboxylic acids is 2. The van der Waals surface area contributed by atoms with Crippen molar-refractivity contribution < 1.29 is 19.1 Å². The highest BCUT2D eigenvalue weighted by atomic mass is 16.5. The van der Waals surface area contributed by atoms with E-state index in [9.17, 15) is 9.59 Å². The first-order valence-corrected chi connectivity index (χ1v) is 7.50. The lowest BCUT2D eigenvalue weighted by atomic mass is 9.95. The molecule has 0 atom stereocenters. The van der Waals surface area contributed by atoms with Gasteiger partial charge in [-0.05, 0) is 25.0 Å². The first-order chi connectivity index (χ1) is 10.1. The molecule has 1 fully saturated rings. The Labute approximate surface area is 126 Å². The number of allylic oxidation sites excluding steroid dienone is 1. The zero-order chi connectivity index (χ0) is 15.5. The van der Waals surface area contributed by atoms with Crippen LogP contribution in [0.25, 0.3) is 0 Å². The molecule has 1 aliphatic rings. The minimum Gasteiger partial charge on any atom is -0.461 e. The van der Waals surface area contributed by atoms with Crippen LogP contribution in [-0.2, 0) is 19.1 Å². The molecule has 118 valence electrons. The summed E-state index contributed by atoms with van der Waals surface area (Å²) < 4.78 is 9.84. The molecule has 0 aromatic carbocycles. The molecule has 0 saturated heterocycles. The number of hydrogen-bond donors (Lipinski definition) is 1. The molecule has 21 heavy (non-hydrogen) atoms. The van der Waals surface area contributed by atoms with Crippen LogP contribution in [0.2, 0.25) is 0 Å². The molecule has 0 heterocycles. The average Bonchev–Trinajstić information content (AvgIpc) is 2.43. The molecule has 0 unspecified atom stereocenters. The molecule has 0 amide bonds. The summed E-state index contributed by atoms with van der Waals surface area (Å²) in [6, 6.07) is 0.589. The fourth-order valence-corrected chi connectivity index (χ4v) is 2.27. The number of esters is 2. The Bertz CT molecular complexity index is 395. The molecule has 0 spiro atoms. The highest BCUT2D eigenvalue weighted by molar-refractivity contribution is 5.68. The van der Waals surface area contributed by atoms with E-state index in [1.807, 2.05) is 6.08 Å². The van der Waals surface area contributed by atoms with Gasteiger partial charge in [0.25, 0.3) is 0 Å². The highest BCUT2D eigenvalue weighted by Gasteiger charge is 2.11. The molecule has 0 radical (unpaired) electrons. The molecule has 0 aliphatic heterocycles. The second-order valence-electron chi connectivity index (χ2n) is 5.15. The average molecular weight is 295 g/mol. The van der Waals surface area contributed by atoms with Crippen molar-refractivity contribution in [2.24, 2.45) is 0 Å². The SMILES string of the molecule is CC(=O)OC/C=C(/C=C/CNC1CCCCC1)OC(C)=O. The fourth-order valence-electron chi connectivity index (χ4n) is 2.27. The fraction of sp³-hybridized carbons (Fsp3) is 0.625. The van der Waals surface area contributed by atoms with Gasteiger partial charge in [0.1, 0.15) is 12.4 Å². The lowest BCUT2D eigenvalue weighted by molar-refractivity contribution is -0.139. The molecule has 1 aliphatic carbocycles. The van der Waals surface area contributed by atoms with Gasteiger partial charge in [0, 0.05) is 26.4 Å². The monoisotopic (exact) mass is 295 g/mol. The normalized spacial score (nSPS) is 17.0. The van der Waals surface area contributed by atoms with Crippen LogP contribution in [0.4, 0.5) is 0 Å². The van der Waals surface area contributed by atoms with Gasteiger partial charge >= 0.3 is 11.9 Å². The van der Waals surface area contributed by atoms with Gasteiger partial charge in [-0.15, -0.1) is 0 Å². The Morgan fingerprint density at radius 1 is 1.14 bits per heavy atom. The predicted molar refractivity (Wildman–Crippen MR) is 80.5 cm³/mol. The predicted octanol–water partition coefficient (Wildman–Crippen LogP) is 2.48. The molecule has 5 heteroatoms. The molecular formula is C16H25NO4. The van der Waals surface area contributed by atoms with Crippen LogP contribution in [0.3, 0.4) is 0 Å². The topological polar surface area (TPSA) is 64.6 Å². The van der Waals surface area contributed by atoms with E-state index >= 15 is 0 Å².